The van der Waals surface area contributed by atoms with Crippen molar-refractivity contribution in [3.63, 3.8) is 0 Å². The van der Waals surface area contributed by atoms with E-state index in [0.717, 1.165) is 0 Å². The minimum Gasteiger partial charge on any atom is -0.349 e. The van der Waals surface area contributed by atoms with Crippen molar-refractivity contribution in [3.05, 3.63) is 0 Å². The minimum atomic E-state index is -0.950. The molecule has 8 nitrogen and oxygen atoms in total. The summed E-state index contributed by atoms with van der Waals surface area (Å²) in [5.74, 6) is -2.20. The highest BCUT2D eigenvalue weighted by molar-refractivity contribution is 6.03. The van der Waals surface area contributed by atoms with Crippen LogP contribution >= 0.6 is 0 Å². The van der Waals surface area contributed by atoms with Gasteiger partial charge in [0.1, 0.15) is 0 Å². The molecule has 0 aliphatic carbocycles. The van der Waals surface area contributed by atoms with Crippen molar-refractivity contribution >= 4 is 23.6 Å². The van der Waals surface area contributed by atoms with Gasteiger partial charge in [-0.05, 0) is 13.8 Å². The van der Waals surface area contributed by atoms with E-state index in [1.54, 1.807) is 27.7 Å². The fraction of sp³-hybridized carbons (Fsp3) is 0.765. The highest BCUT2D eigenvalue weighted by Gasteiger charge is 2.36. The molecule has 2 fully saturated rings. The van der Waals surface area contributed by atoms with Crippen molar-refractivity contribution in [1.82, 2.24) is 9.80 Å². The Morgan fingerprint density at radius 2 is 1.20 bits per heavy atom. The van der Waals surface area contributed by atoms with Crippen LogP contribution in [0, 0.1) is 11.8 Å². The summed E-state index contributed by atoms with van der Waals surface area (Å²) in [4.78, 5) is 49.5. The van der Waals surface area contributed by atoms with Gasteiger partial charge in [0, 0.05) is 24.7 Å². The summed E-state index contributed by atoms with van der Waals surface area (Å²) in [7, 11) is 0. The van der Waals surface area contributed by atoms with Crippen molar-refractivity contribution in [2.24, 2.45) is 11.8 Å². The molecule has 25 heavy (non-hydrogen) atoms. The fourth-order valence-corrected chi connectivity index (χ4v) is 2.97. The molecule has 4 amide bonds. The zero-order chi connectivity index (χ0) is 18.8. The Morgan fingerprint density at radius 1 is 0.840 bits per heavy atom. The number of rotatable bonds is 8. The minimum absolute atomic E-state index is 0.163. The van der Waals surface area contributed by atoms with Crippen LogP contribution in [0.15, 0.2) is 0 Å². The van der Waals surface area contributed by atoms with Crippen LogP contribution in [0.1, 0.15) is 40.5 Å². The second-order valence-corrected chi connectivity index (χ2v) is 7.07. The zero-order valence-corrected chi connectivity index (χ0v) is 15.2. The summed E-state index contributed by atoms with van der Waals surface area (Å²) in [6.07, 6.45) is 0.490. The van der Waals surface area contributed by atoms with Gasteiger partial charge in [0.2, 0.25) is 23.6 Å². The van der Waals surface area contributed by atoms with Gasteiger partial charge in [0.25, 0.3) is 0 Å². The molecule has 0 radical (unpaired) electrons. The molecule has 2 atom stereocenters. The van der Waals surface area contributed by atoms with E-state index < -0.39 is 5.79 Å². The van der Waals surface area contributed by atoms with E-state index in [-0.39, 0.29) is 74.6 Å². The lowest BCUT2D eigenvalue weighted by atomic mass is 10.1. The third-order valence-electron chi connectivity index (χ3n) is 4.47. The largest absolute Gasteiger partial charge is 0.349 e. The summed E-state index contributed by atoms with van der Waals surface area (Å²) in [6.45, 7) is 7.58. The molecule has 0 aromatic carbocycles. The van der Waals surface area contributed by atoms with E-state index in [0.29, 0.717) is 0 Å². The number of hydrogen-bond acceptors (Lipinski definition) is 6. The molecule has 2 unspecified atom stereocenters. The van der Waals surface area contributed by atoms with Gasteiger partial charge in [-0.1, -0.05) is 13.8 Å². The monoisotopic (exact) mass is 354 g/mol. The quantitative estimate of drug-likeness (QED) is 0.467. The van der Waals surface area contributed by atoms with E-state index in [1.807, 2.05) is 0 Å². The lowest BCUT2D eigenvalue weighted by Gasteiger charge is -2.27. The molecule has 0 bridgehead atoms. The van der Waals surface area contributed by atoms with Gasteiger partial charge >= 0.3 is 0 Å². The highest BCUT2D eigenvalue weighted by Crippen LogP contribution is 2.20. The third-order valence-corrected chi connectivity index (χ3v) is 4.47. The van der Waals surface area contributed by atoms with E-state index in [2.05, 4.69) is 0 Å². The molecule has 2 saturated heterocycles. The van der Waals surface area contributed by atoms with Gasteiger partial charge in [0.15, 0.2) is 5.79 Å². The van der Waals surface area contributed by atoms with E-state index in [4.69, 9.17) is 9.47 Å². The number of ether oxygens (including phenoxy) is 2. The number of imide groups is 2. The molecule has 2 aliphatic rings. The number of likely N-dealkylation sites (tertiary alicyclic amines) is 2. The van der Waals surface area contributed by atoms with Crippen LogP contribution in [0.25, 0.3) is 0 Å². The van der Waals surface area contributed by atoms with E-state index >= 15 is 0 Å². The van der Waals surface area contributed by atoms with Crippen molar-refractivity contribution in [1.29, 1.82) is 0 Å². The maximum atomic E-state index is 11.8. The van der Waals surface area contributed by atoms with Crippen LogP contribution in [0.4, 0.5) is 0 Å². The van der Waals surface area contributed by atoms with Gasteiger partial charge in [-0.2, -0.15) is 0 Å². The van der Waals surface area contributed by atoms with Gasteiger partial charge in [-0.15, -0.1) is 0 Å². The highest BCUT2D eigenvalue weighted by atomic mass is 16.7. The summed E-state index contributed by atoms with van der Waals surface area (Å²) in [6, 6.07) is 0. The smallest absolute Gasteiger partial charge is 0.232 e. The predicted octanol–water partition coefficient (Wildman–Crippen LogP) is 0.546. The number of hydrogen-bond donors (Lipinski definition) is 0. The number of carbonyl (C=O) groups excluding carboxylic acids is 4. The summed E-state index contributed by atoms with van der Waals surface area (Å²) in [5.41, 5.74) is 0. The van der Waals surface area contributed by atoms with Crippen molar-refractivity contribution < 1.29 is 28.7 Å². The van der Waals surface area contributed by atoms with Crippen LogP contribution < -0.4 is 0 Å². The predicted molar refractivity (Wildman–Crippen MR) is 87.0 cm³/mol. The molecule has 2 aliphatic heterocycles. The molecule has 140 valence electrons. The Bertz CT molecular complexity index is 525. The summed E-state index contributed by atoms with van der Waals surface area (Å²) < 4.78 is 11.2. The molecule has 2 heterocycles. The maximum Gasteiger partial charge on any atom is 0.232 e. The molecule has 0 spiro atoms. The Morgan fingerprint density at radius 3 is 1.48 bits per heavy atom. The van der Waals surface area contributed by atoms with Gasteiger partial charge < -0.3 is 9.47 Å². The lowest BCUT2D eigenvalue weighted by molar-refractivity contribution is -0.216. The number of amides is 4. The molecular weight excluding hydrogens is 328 g/mol. The Hall–Kier alpha value is -1.80. The first-order valence-corrected chi connectivity index (χ1v) is 8.58. The van der Waals surface area contributed by atoms with Crippen molar-refractivity contribution in [3.8, 4) is 0 Å². The summed E-state index contributed by atoms with van der Waals surface area (Å²) >= 11 is 0. The first-order chi connectivity index (χ1) is 11.6. The Labute approximate surface area is 147 Å². The summed E-state index contributed by atoms with van der Waals surface area (Å²) in [5, 5.41) is 0. The first-order valence-electron chi connectivity index (χ1n) is 8.58. The standard InChI is InChI=1S/C17H26N2O6/c1-11-9-13(20)18(15(11)22)5-7-24-17(3,4)25-8-6-19-14(21)10-12(2)16(19)23/h11-12H,5-10H2,1-4H3. The van der Waals surface area contributed by atoms with E-state index in [1.165, 1.54) is 9.80 Å². The molecule has 0 aromatic rings. The molecule has 0 N–H and O–H groups in total. The Balaban J connectivity index is 1.71. The van der Waals surface area contributed by atoms with Crippen LogP contribution in [0.3, 0.4) is 0 Å². The topological polar surface area (TPSA) is 93.2 Å². The van der Waals surface area contributed by atoms with E-state index in [9.17, 15) is 19.2 Å². The van der Waals surface area contributed by atoms with Gasteiger partial charge in [-0.25, -0.2) is 0 Å². The van der Waals surface area contributed by atoms with Crippen molar-refractivity contribution in [2.45, 2.75) is 46.3 Å². The molecule has 0 aromatic heterocycles. The van der Waals surface area contributed by atoms with Crippen LogP contribution in [0.5, 0.6) is 0 Å². The average Bonchev–Trinajstić information content (AvgIpc) is 2.90. The van der Waals surface area contributed by atoms with Crippen LogP contribution in [-0.4, -0.2) is 65.5 Å². The van der Waals surface area contributed by atoms with Gasteiger partial charge in [0.05, 0.1) is 26.3 Å². The second kappa shape index (κ2) is 7.61. The molecule has 8 heteroatoms. The molecule has 2 rings (SSSR count). The lowest BCUT2D eigenvalue weighted by Crippen LogP contribution is -2.39. The van der Waals surface area contributed by atoms with Crippen LogP contribution in [0.2, 0.25) is 0 Å². The second-order valence-electron chi connectivity index (χ2n) is 7.07. The zero-order valence-electron chi connectivity index (χ0n) is 15.2. The Kier molecular flexibility index (Phi) is 5.95. The first kappa shape index (κ1) is 19.5. The fourth-order valence-electron chi connectivity index (χ4n) is 2.97. The van der Waals surface area contributed by atoms with Crippen LogP contribution in [-0.2, 0) is 28.7 Å². The van der Waals surface area contributed by atoms with Gasteiger partial charge in [-0.3, -0.25) is 29.0 Å². The number of nitrogens with zero attached hydrogens (tertiary/aromatic N) is 2. The maximum absolute atomic E-state index is 11.8. The normalized spacial score (nSPS) is 24.8. The molecule has 0 saturated carbocycles. The average molecular weight is 354 g/mol. The SMILES string of the molecule is CC1CC(=O)N(CCOC(C)(C)OCCN2C(=O)CC(C)C2=O)C1=O. The third kappa shape index (κ3) is 4.64. The molecular formula is C17H26N2O6. The van der Waals surface area contributed by atoms with Crippen molar-refractivity contribution in [2.75, 3.05) is 26.3 Å². The number of carbonyl (C=O) groups is 4.